The molecule has 3 nitrogen and oxygen atoms in total. The predicted molar refractivity (Wildman–Crippen MR) is 65.0 cm³/mol. The van der Waals surface area contributed by atoms with Crippen LogP contribution in [0.25, 0.3) is 0 Å². The van der Waals surface area contributed by atoms with E-state index in [1.165, 1.54) is 0 Å². The molecule has 1 N–H and O–H groups in total. The molecule has 1 aromatic rings. The SMILES string of the molecule is COc1ccc(N(C)[C@H]2CCC[C@H]2O)cc1. The molecular weight excluding hydrogens is 202 g/mol. The molecule has 2 rings (SSSR count). The third kappa shape index (κ3) is 2.14. The fourth-order valence-electron chi connectivity index (χ4n) is 2.38. The zero-order chi connectivity index (χ0) is 11.5. The first-order valence-corrected chi connectivity index (χ1v) is 5.77. The lowest BCUT2D eigenvalue weighted by Crippen LogP contribution is -2.37. The summed E-state index contributed by atoms with van der Waals surface area (Å²) in [5.41, 5.74) is 1.13. The summed E-state index contributed by atoms with van der Waals surface area (Å²) in [4.78, 5) is 2.16. The van der Waals surface area contributed by atoms with Gasteiger partial charge in [0.05, 0.1) is 19.3 Å². The van der Waals surface area contributed by atoms with E-state index in [4.69, 9.17) is 4.74 Å². The fourth-order valence-corrected chi connectivity index (χ4v) is 2.38. The number of ether oxygens (including phenoxy) is 1. The lowest BCUT2D eigenvalue weighted by atomic mass is 10.1. The first-order chi connectivity index (χ1) is 7.72. The summed E-state index contributed by atoms with van der Waals surface area (Å²) in [6, 6.07) is 8.22. The van der Waals surface area contributed by atoms with Gasteiger partial charge in [-0.2, -0.15) is 0 Å². The molecule has 0 aromatic heterocycles. The van der Waals surface area contributed by atoms with Gasteiger partial charge >= 0.3 is 0 Å². The smallest absolute Gasteiger partial charge is 0.119 e. The summed E-state index contributed by atoms with van der Waals surface area (Å²) in [6.45, 7) is 0. The molecule has 0 bridgehead atoms. The lowest BCUT2D eigenvalue weighted by Gasteiger charge is -2.29. The molecule has 0 radical (unpaired) electrons. The van der Waals surface area contributed by atoms with Gasteiger partial charge in [-0.3, -0.25) is 0 Å². The average molecular weight is 221 g/mol. The average Bonchev–Trinajstić information content (AvgIpc) is 2.75. The summed E-state index contributed by atoms with van der Waals surface area (Å²) >= 11 is 0. The minimum atomic E-state index is -0.188. The second-order valence-corrected chi connectivity index (χ2v) is 4.37. The number of aliphatic hydroxyl groups excluding tert-OH is 1. The van der Waals surface area contributed by atoms with Gasteiger partial charge in [0.1, 0.15) is 5.75 Å². The molecule has 0 saturated heterocycles. The number of likely N-dealkylation sites (N-methyl/N-ethyl adjacent to an activating group) is 1. The highest BCUT2D eigenvalue weighted by Gasteiger charge is 2.28. The van der Waals surface area contributed by atoms with Crippen LogP contribution < -0.4 is 9.64 Å². The van der Waals surface area contributed by atoms with E-state index in [1.807, 2.05) is 31.3 Å². The number of nitrogens with zero attached hydrogens (tertiary/aromatic N) is 1. The maximum absolute atomic E-state index is 9.86. The zero-order valence-corrected chi connectivity index (χ0v) is 9.89. The number of hydrogen-bond donors (Lipinski definition) is 1. The second kappa shape index (κ2) is 4.74. The van der Waals surface area contributed by atoms with E-state index >= 15 is 0 Å². The van der Waals surface area contributed by atoms with E-state index < -0.39 is 0 Å². The van der Waals surface area contributed by atoms with Crippen LogP contribution in [0, 0.1) is 0 Å². The summed E-state index contributed by atoms with van der Waals surface area (Å²) in [7, 11) is 3.71. The van der Waals surface area contributed by atoms with E-state index in [0.717, 1.165) is 30.7 Å². The van der Waals surface area contributed by atoms with E-state index in [-0.39, 0.29) is 12.1 Å². The quantitative estimate of drug-likeness (QED) is 0.848. The highest BCUT2D eigenvalue weighted by Crippen LogP contribution is 2.28. The Morgan fingerprint density at radius 2 is 1.94 bits per heavy atom. The summed E-state index contributed by atoms with van der Waals surface area (Å²) < 4.78 is 5.13. The Morgan fingerprint density at radius 3 is 2.44 bits per heavy atom. The van der Waals surface area contributed by atoms with Crippen LogP contribution >= 0.6 is 0 Å². The highest BCUT2D eigenvalue weighted by molar-refractivity contribution is 5.49. The fraction of sp³-hybridized carbons (Fsp3) is 0.538. The van der Waals surface area contributed by atoms with Gasteiger partial charge < -0.3 is 14.7 Å². The van der Waals surface area contributed by atoms with Crippen LogP contribution in [0.15, 0.2) is 24.3 Å². The summed E-state index contributed by atoms with van der Waals surface area (Å²) in [5, 5.41) is 9.86. The molecule has 1 aliphatic carbocycles. The molecule has 88 valence electrons. The molecule has 0 unspecified atom stereocenters. The Bertz CT molecular complexity index is 336. The van der Waals surface area contributed by atoms with Crippen LogP contribution in [0.2, 0.25) is 0 Å². The van der Waals surface area contributed by atoms with Crippen molar-refractivity contribution in [2.45, 2.75) is 31.4 Å². The molecule has 1 fully saturated rings. The van der Waals surface area contributed by atoms with Gasteiger partial charge in [0.2, 0.25) is 0 Å². The maximum Gasteiger partial charge on any atom is 0.119 e. The molecule has 1 aliphatic rings. The molecule has 0 amide bonds. The van der Waals surface area contributed by atoms with Crippen molar-refractivity contribution < 1.29 is 9.84 Å². The van der Waals surface area contributed by atoms with Crippen LogP contribution in [0.1, 0.15) is 19.3 Å². The van der Waals surface area contributed by atoms with Gasteiger partial charge in [-0.25, -0.2) is 0 Å². The number of aliphatic hydroxyl groups is 1. The third-order valence-corrected chi connectivity index (χ3v) is 3.42. The Morgan fingerprint density at radius 1 is 1.25 bits per heavy atom. The molecule has 3 heteroatoms. The standard InChI is InChI=1S/C13H19NO2/c1-14(12-4-3-5-13(12)15)10-6-8-11(16-2)9-7-10/h6-9,12-13,15H,3-5H2,1-2H3/t12-,13+/m0/s1. The van der Waals surface area contributed by atoms with Gasteiger partial charge in [-0.1, -0.05) is 0 Å². The molecule has 0 aliphatic heterocycles. The van der Waals surface area contributed by atoms with Crippen molar-refractivity contribution in [1.82, 2.24) is 0 Å². The van der Waals surface area contributed by atoms with Gasteiger partial charge in [0.15, 0.2) is 0 Å². The molecule has 2 atom stereocenters. The van der Waals surface area contributed by atoms with Crippen molar-refractivity contribution >= 4 is 5.69 Å². The third-order valence-electron chi connectivity index (χ3n) is 3.42. The molecule has 0 spiro atoms. The van der Waals surface area contributed by atoms with E-state index in [0.29, 0.717) is 0 Å². The summed E-state index contributed by atoms with van der Waals surface area (Å²) in [6.07, 6.45) is 2.92. The Kier molecular flexibility index (Phi) is 3.34. The van der Waals surface area contributed by atoms with Crippen LogP contribution in [-0.2, 0) is 0 Å². The maximum atomic E-state index is 9.86. The van der Waals surface area contributed by atoms with Crippen molar-refractivity contribution in [3.05, 3.63) is 24.3 Å². The first kappa shape index (κ1) is 11.3. The topological polar surface area (TPSA) is 32.7 Å². The first-order valence-electron chi connectivity index (χ1n) is 5.77. The largest absolute Gasteiger partial charge is 0.497 e. The Hall–Kier alpha value is -1.22. The van der Waals surface area contributed by atoms with Crippen molar-refractivity contribution in [1.29, 1.82) is 0 Å². The van der Waals surface area contributed by atoms with E-state index in [2.05, 4.69) is 4.90 Å². The minimum absolute atomic E-state index is 0.188. The summed E-state index contributed by atoms with van der Waals surface area (Å²) in [5.74, 6) is 0.865. The Balaban J connectivity index is 2.10. The molecule has 0 heterocycles. The van der Waals surface area contributed by atoms with Crippen molar-refractivity contribution in [3.63, 3.8) is 0 Å². The highest BCUT2D eigenvalue weighted by atomic mass is 16.5. The monoisotopic (exact) mass is 221 g/mol. The number of methoxy groups -OCH3 is 1. The predicted octanol–water partition coefficient (Wildman–Crippen LogP) is 2.04. The second-order valence-electron chi connectivity index (χ2n) is 4.37. The van der Waals surface area contributed by atoms with Crippen LogP contribution in [0.4, 0.5) is 5.69 Å². The minimum Gasteiger partial charge on any atom is -0.497 e. The van der Waals surface area contributed by atoms with Gasteiger partial charge in [-0.05, 0) is 43.5 Å². The van der Waals surface area contributed by atoms with Crippen molar-refractivity contribution in [2.75, 3.05) is 19.1 Å². The van der Waals surface area contributed by atoms with Crippen molar-refractivity contribution in [3.8, 4) is 5.75 Å². The van der Waals surface area contributed by atoms with Gasteiger partial charge in [-0.15, -0.1) is 0 Å². The van der Waals surface area contributed by atoms with Crippen LogP contribution in [0.5, 0.6) is 5.75 Å². The van der Waals surface area contributed by atoms with Crippen LogP contribution in [-0.4, -0.2) is 31.4 Å². The van der Waals surface area contributed by atoms with E-state index in [1.54, 1.807) is 7.11 Å². The van der Waals surface area contributed by atoms with Gasteiger partial charge in [0, 0.05) is 12.7 Å². The van der Waals surface area contributed by atoms with E-state index in [9.17, 15) is 5.11 Å². The molecule has 1 aromatic carbocycles. The number of rotatable bonds is 3. The van der Waals surface area contributed by atoms with Crippen molar-refractivity contribution in [2.24, 2.45) is 0 Å². The zero-order valence-electron chi connectivity index (χ0n) is 9.89. The molecule has 16 heavy (non-hydrogen) atoms. The number of anilines is 1. The molecule has 1 saturated carbocycles. The number of benzene rings is 1. The lowest BCUT2D eigenvalue weighted by molar-refractivity contribution is 0.163. The Labute approximate surface area is 96.6 Å². The van der Waals surface area contributed by atoms with Gasteiger partial charge in [0.25, 0.3) is 0 Å². The normalized spacial score (nSPS) is 24.4. The van der Waals surface area contributed by atoms with Crippen LogP contribution in [0.3, 0.4) is 0 Å². The molecular formula is C13H19NO2. The number of hydrogen-bond acceptors (Lipinski definition) is 3.